The molecule has 34 heavy (non-hydrogen) atoms. The number of fused-ring (bicyclic) bond motifs is 1. The van der Waals surface area contributed by atoms with E-state index in [1.54, 1.807) is 12.1 Å². The number of allylic oxidation sites excluding steroid dienone is 2. The molecule has 0 aromatic heterocycles. The maximum absolute atomic E-state index is 13.7. The summed E-state index contributed by atoms with van der Waals surface area (Å²) in [7, 11) is 2.92. The number of hydrogen-bond donors (Lipinski definition) is 2. The van der Waals surface area contributed by atoms with Crippen molar-refractivity contribution < 1.29 is 23.9 Å². The summed E-state index contributed by atoms with van der Waals surface area (Å²) in [6, 6.07) is 10.2. The minimum Gasteiger partial charge on any atom is -0.496 e. The Morgan fingerprint density at radius 1 is 1.18 bits per heavy atom. The van der Waals surface area contributed by atoms with Crippen LogP contribution in [0.3, 0.4) is 0 Å². The fraction of sp³-hybridized carbons (Fsp3) is 0.240. The second-order valence-electron chi connectivity index (χ2n) is 7.71. The van der Waals surface area contributed by atoms with Crippen LogP contribution < -0.4 is 15.0 Å². The van der Waals surface area contributed by atoms with Crippen LogP contribution in [0.15, 0.2) is 59.3 Å². The third-order valence-corrected chi connectivity index (χ3v) is 6.43. The molecule has 2 N–H and O–H groups in total. The van der Waals surface area contributed by atoms with Crippen molar-refractivity contribution in [2.24, 2.45) is 5.18 Å². The highest BCUT2D eigenvalue weighted by Gasteiger charge is 2.27. The molecular weight excluding hydrogens is 459 g/mol. The highest BCUT2D eigenvalue weighted by Crippen LogP contribution is 2.50. The highest BCUT2D eigenvalue weighted by atomic mass is 32.2. The number of halogens is 1. The molecule has 0 heterocycles. The van der Waals surface area contributed by atoms with Gasteiger partial charge in [-0.05, 0) is 55.8 Å². The summed E-state index contributed by atoms with van der Waals surface area (Å²) < 4.78 is 25.0. The molecule has 178 valence electrons. The Morgan fingerprint density at radius 3 is 2.53 bits per heavy atom. The highest BCUT2D eigenvalue weighted by molar-refractivity contribution is 8.14. The van der Waals surface area contributed by atoms with E-state index in [-0.39, 0.29) is 16.4 Å². The number of anilines is 1. The van der Waals surface area contributed by atoms with E-state index in [2.05, 4.69) is 10.7 Å². The summed E-state index contributed by atoms with van der Waals surface area (Å²) in [4.78, 5) is 24.7. The van der Waals surface area contributed by atoms with Crippen molar-refractivity contribution in [1.82, 2.24) is 0 Å². The summed E-state index contributed by atoms with van der Waals surface area (Å²) >= 11 is 1.02. The van der Waals surface area contributed by atoms with E-state index >= 15 is 0 Å². The van der Waals surface area contributed by atoms with Crippen LogP contribution in [-0.2, 0) is 0 Å². The average Bonchev–Trinajstić information content (AvgIpc) is 2.84. The van der Waals surface area contributed by atoms with Crippen LogP contribution in [0.25, 0.3) is 10.8 Å². The van der Waals surface area contributed by atoms with Crippen LogP contribution in [-0.4, -0.2) is 24.5 Å². The molecule has 3 rings (SSSR count). The number of rotatable bonds is 9. The zero-order chi connectivity index (χ0) is 24.8. The first kappa shape index (κ1) is 25.2. The molecule has 0 aliphatic carbocycles. The number of carbonyl (C=O) groups excluding carboxylic acids is 1. The number of hydrogen-bond acceptors (Lipinski definition) is 8. The Balaban J connectivity index is 2.25. The lowest BCUT2D eigenvalue weighted by Gasteiger charge is -2.22. The molecule has 0 fully saturated rings. The van der Waals surface area contributed by atoms with Gasteiger partial charge in [0.25, 0.3) is 0 Å². The van der Waals surface area contributed by atoms with Gasteiger partial charge in [-0.1, -0.05) is 35.5 Å². The molecule has 7 nitrogen and oxygen atoms in total. The molecule has 3 aromatic carbocycles. The third-order valence-electron chi connectivity index (χ3n) is 5.25. The van der Waals surface area contributed by atoms with Crippen molar-refractivity contribution in [3.05, 3.63) is 76.0 Å². The van der Waals surface area contributed by atoms with E-state index in [9.17, 15) is 19.3 Å². The number of methoxy groups -OCH3 is 2. The van der Waals surface area contributed by atoms with E-state index in [4.69, 9.17) is 9.47 Å². The molecule has 0 bridgehead atoms. The van der Waals surface area contributed by atoms with Gasteiger partial charge in [0, 0.05) is 16.4 Å². The van der Waals surface area contributed by atoms with Gasteiger partial charge in [-0.25, -0.2) is 4.39 Å². The monoisotopic (exact) mass is 484 g/mol. The SMILES string of the molecule is COc1cc(C(CC=C(C)C)SC(=O)c2cccc(F)c2)c(OC)c2c(N=O)ccc(NO)c12. The fourth-order valence-corrected chi connectivity index (χ4v) is 4.70. The summed E-state index contributed by atoms with van der Waals surface area (Å²) in [5.41, 5.74) is 4.39. The van der Waals surface area contributed by atoms with Crippen LogP contribution in [0, 0.1) is 10.7 Å². The van der Waals surface area contributed by atoms with Gasteiger partial charge in [0.1, 0.15) is 23.0 Å². The van der Waals surface area contributed by atoms with Crippen molar-refractivity contribution in [3.63, 3.8) is 0 Å². The third kappa shape index (κ3) is 5.21. The lowest BCUT2D eigenvalue weighted by atomic mass is 9.97. The normalized spacial score (nSPS) is 11.6. The summed E-state index contributed by atoms with van der Waals surface area (Å²) in [6.07, 6.45) is 2.44. The standard InChI is InChI=1S/C25H25FN2O5S/c1-14(2)8-11-21(34-25(29)15-6-5-7-16(26)12-15)17-13-20(32-3)22-18(27-30)9-10-19(28-31)23(22)24(17)33-4/h5-10,12-13,21,27,30H,11H2,1-4H3. The van der Waals surface area contributed by atoms with E-state index in [0.717, 1.165) is 17.3 Å². The van der Waals surface area contributed by atoms with E-state index < -0.39 is 11.1 Å². The number of thioether (sulfide) groups is 1. The molecule has 0 amide bonds. The van der Waals surface area contributed by atoms with Crippen LogP contribution >= 0.6 is 11.8 Å². The van der Waals surface area contributed by atoms with Crippen LogP contribution in [0.5, 0.6) is 11.5 Å². The zero-order valence-electron chi connectivity index (χ0n) is 19.2. The molecule has 0 spiro atoms. The first-order valence-corrected chi connectivity index (χ1v) is 11.3. The minimum absolute atomic E-state index is 0.0911. The smallest absolute Gasteiger partial charge is 0.220 e. The minimum atomic E-state index is -0.497. The van der Waals surface area contributed by atoms with Gasteiger partial charge in [-0.3, -0.25) is 15.5 Å². The van der Waals surface area contributed by atoms with E-state index in [1.165, 1.54) is 44.6 Å². The van der Waals surface area contributed by atoms with E-state index in [1.807, 2.05) is 19.9 Å². The molecule has 0 saturated heterocycles. The number of ether oxygens (including phenoxy) is 2. The Hall–Kier alpha value is -3.43. The maximum atomic E-state index is 13.7. The molecular formula is C25H25FN2O5S. The predicted octanol–water partition coefficient (Wildman–Crippen LogP) is 7.17. The molecule has 0 aliphatic rings. The lowest BCUT2D eigenvalue weighted by Crippen LogP contribution is -2.05. The first-order chi connectivity index (χ1) is 16.3. The number of nitrogens with one attached hydrogen (secondary N) is 1. The number of benzene rings is 3. The number of carbonyl (C=O) groups is 1. The largest absolute Gasteiger partial charge is 0.496 e. The van der Waals surface area contributed by atoms with Crippen molar-refractivity contribution in [2.45, 2.75) is 25.5 Å². The van der Waals surface area contributed by atoms with Crippen LogP contribution in [0.4, 0.5) is 15.8 Å². The molecule has 3 aromatic rings. The molecule has 9 heteroatoms. The summed E-state index contributed by atoms with van der Waals surface area (Å²) in [5, 5.41) is 12.7. The average molecular weight is 485 g/mol. The number of nitrogens with zero attached hydrogens (tertiary/aromatic N) is 1. The second-order valence-corrected chi connectivity index (χ2v) is 8.88. The molecule has 0 aliphatic heterocycles. The van der Waals surface area contributed by atoms with Gasteiger partial charge < -0.3 is 9.47 Å². The summed E-state index contributed by atoms with van der Waals surface area (Å²) in [6.45, 7) is 3.89. The number of nitroso groups, excluding NO2 is 1. The van der Waals surface area contributed by atoms with Gasteiger partial charge >= 0.3 is 0 Å². The van der Waals surface area contributed by atoms with Crippen molar-refractivity contribution >= 4 is 39.0 Å². The van der Waals surface area contributed by atoms with Crippen LogP contribution in [0.1, 0.15) is 41.4 Å². The zero-order valence-corrected chi connectivity index (χ0v) is 20.0. The molecule has 1 atom stereocenters. The predicted molar refractivity (Wildman–Crippen MR) is 133 cm³/mol. The van der Waals surface area contributed by atoms with Gasteiger partial charge in [-0.2, -0.15) is 0 Å². The first-order valence-electron chi connectivity index (χ1n) is 10.4. The maximum Gasteiger partial charge on any atom is 0.220 e. The quantitative estimate of drug-likeness (QED) is 0.189. The van der Waals surface area contributed by atoms with Gasteiger partial charge in [0.15, 0.2) is 0 Å². The van der Waals surface area contributed by atoms with E-state index in [0.29, 0.717) is 39.9 Å². The van der Waals surface area contributed by atoms with Crippen molar-refractivity contribution in [2.75, 3.05) is 19.7 Å². The van der Waals surface area contributed by atoms with Crippen LogP contribution in [0.2, 0.25) is 0 Å². The Morgan fingerprint density at radius 2 is 1.94 bits per heavy atom. The van der Waals surface area contributed by atoms with Crippen molar-refractivity contribution in [3.8, 4) is 11.5 Å². The second kappa shape index (κ2) is 11.1. The Kier molecular flexibility index (Phi) is 8.25. The van der Waals surface area contributed by atoms with Gasteiger partial charge in [0.2, 0.25) is 5.12 Å². The topological polar surface area (TPSA) is 97.2 Å². The Bertz CT molecular complexity index is 1260. The lowest BCUT2D eigenvalue weighted by molar-refractivity contribution is 0.108. The van der Waals surface area contributed by atoms with Crippen molar-refractivity contribution in [1.29, 1.82) is 0 Å². The molecule has 0 radical (unpaired) electrons. The fourth-order valence-electron chi connectivity index (χ4n) is 3.68. The van der Waals surface area contributed by atoms with Gasteiger partial charge in [-0.15, -0.1) is 4.91 Å². The molecule has 0 saturated carbocycles. The summed E-state index contributed by atoms with van der Waals surface area (Å²) in [5.74, 6) is 0.186. The van der Waals surface area contributed by atoms with Gasteiger partial charge in [0.05, 0.1) is 30.7 Å². The Labute approximate surface area is 200 Å². The molecule has 1 unspecified atom stereocenters.